The molecule has 2 aromatic rings. The number of aromatic amines is 1. The normalized spacial score (nSPS) is 24.2. The quantitative estimate of drug-likeness (QED) is 0.828. The van der Waals surface area contributed by atoms with E-state index in [9.17, 15) is 4.79 Å². The summed E-state index contributed by atoms with van der Waals surface area (Å²) in [6.45, 7) is 5.76. The highest BCUT2D eigenvalue weighted by Gasteiger charge is 2.31. The second kappa shape index (κ2) is 8.86. The molecule has 2 fully saturated rings. The number of aromatic nitrogens is 2. The Bertz CT molecular complexity index is 773. The van der Waals surface area contributed by atoms with Crippen molar-refractivity contribution in [2.24, 2.45) is 0 Å². The van der Waals surface area contributed by atoms with Gasteiger partial charge in [-0.05, 0) is 25.3 Å². The van der Waals surface area contributed by atoms with Gasteiger partial charge in [0, 0.05) is 50.5 Å². The largest absolute Gasteiger partial charge is 0.381 e. The molecule has 2 N–H and O–H groups in total. The zero-order valence-corrected chi connectivity index (χ0v) is 16.3. The molecule has 2 aliphatic heterocycles. The van der Waals surface area contributed by atoms with Crippen molar-refractivity contribution in [1.29, 1.82) is 0 Å². The zero-order chi connectivity index (χ0) is 19.3. The van der Waals surface area contributed by atoms with Crippen LogP contribution < -0.4 is 5.32 Å². The summed E-state index contributed by atoms with van der Waals surface area (Å²) in [5, 5.41) is 10.2. The summed E-state index contributed by atoms with van der Waals surface area (Å²) >= 11 is 0. The third kappa shape index (κ3) is 4.79. The van der Waals surface area contributed by atoms with Crippen LogP contribution in [0.15, 0.2) is 36.4 Å². The Labute approximate surface area is 165 Å². The Balaban J connectivity index is 1.35. The van der Waals surface area contributed by atoms with E-state index < -0.39 is 6.10 Å². The van der Waals surface area contributed by atoms with Crippen molar-refractivity contribution >= 4 is 11.7 Å². The molecule has 4 rings (SSSR count). The fourth-order valence-electron chi connectivity index (χ4n) is 3.98. The van der Waals surface area contributed by atoms with E-state index in [-0.39, 0.29) is 12.0 Å². The summed E-state index contributed by atoms with van der Waals surface area (Å²) in [7, 11) is 0. The highest BCUT2D eigenvalue weighted by molar-refractivity contribution is 5.93. The van der Waals surface area contributed by atoms with Gasteiger partial charge < -0.3 is 14.8 Å². The number of nitrogens with zero attached hydrogens (tertiary/aromatic N) is 2. The minimum Gasteiger partial charge on any atom is -0.381 e. The van der Waals surface area contributed by atoms with Crippen LogP contribution >= 0.6 is 0 Å². The van der Waals surface area contributed by atoms with Crippen molar-refractivity contribution in [3.05, 3.63) is 47.7 Å². The number of ether oxygens (including phenoxy) is 2. The number of amides is 1. The minimum absolute atomic E-state index is 0.00481. The van der Waals surface area contributed by atoms with Crippen LogP contribution in [0.4, 0.5) is 5.82 Å². The SMILES string of the molecule is C[C@@H]1CN(Cc2ccccc2)C[C@H](C(=O)Nc2cc(C3CCOCC3)[nH]n2)O1. The highest BCUT2D eigenvalue weighted by atomic mass is 16.5. The topological polar surface area (TPSA) is 79.5 Å². The molecule has 7 nitrogen and oxygen atoms in total. The number of carbonyl (C=O) groups is 1. The number of nitrogens with one attached hydrogen (secondary N) is 2. The molecule has 0 bridgehead atoms. The average Bonchev–Trinajstić information content (AvgIpc) is 3.17. The first-order valence-corrected chi connectivity index (χ1v) is 10.0. The van der Waals surface area contributed by atoms with Crippen LogP contribution in [0, 0.1) is 0 Å². The van der Waals surface area contributed by atoms with Gasteiger partial charge in [0.15, 0.2) is 5.82 Å². The van der Waals surface area contributed by atoms with Gasteiger partial charge in [-0.1, -0.05) is 30.3 Å². The van der Waals surface area contributed by atoms with E-state index in [1.165, 1.54) is 5.56 Å². The third-order valence-corrected chi connectivity index (χ3v) is 5.39. The lowest BCUT2D eigenvalue weighted by Crippen LogP contribution is -2.50. The van der Waals surface area contributed by atoms with E-state index in [1.807, 2.05) is 31.2 Å². The number of carbonyl (C=O) groups excluding carboxylic acids is 1. The molecule has 0 spiro atoms. The first-order chi connectivity index (χ1) is 13.7. The van der Waals surface area contributed by atoms with E-state index in [0.717, 1.165) is 44.8 Å². The van der Waals surface area contributed by atoms with Crippen LogP contribution in [-0.4, -0.2) is 59.5 Å². The van der Waals surface area contributed by atoms with Gasteiger partial charge in [-0.15, -0.1) is 0 Å². The standard InChI is InChI=1S/C21H28N4O3/c1-15-12-25(13-16-5-3-2-4-6-16)14-19(28-15)21(26)22-20-11-18(23-24-20)17-7-9-27-10-8-17/h2-6,11,15,17,19H,7-10,12-14H2,1H3,(H2,22,23,24,26)/t15-,19-/m1/s1. The van der Waals surface area contributed by atoms with Gasteiger partial charge in [0.25, 0.3) is 5.91 Å². The van der Waals surface area contributed by atoms with Crippen LogP contribution in [0.1, 0.15) is 36.9 Å². The maximum absolute atomic E-state index is 12.8. The molecule has 3 heterocycles. The molecule has 1 amide bonds. The van der Waals surface area contributed by atoms with Crippen molar-refractivity contribution in [3.63, 3.8) is 0 Å². The number of benzene rings is 1. The second-order valence-corrected chi connectivity index (χ2v) is 7.70. The number of H-pyrrole nitrogens is 1. The molecule has 0 radical (unpaired) electrons. The Morgan fingerprint density at radius 2 is 2.04 bits per heavy atom. The minimum atomic E-state index is -0.504. The van der Waals surface area contributed by atoms with Gasteiger partial charge >= 0.3 is 0 Å². The lowest BCUT2D eigenvalue weighted by molar-refractivity contribution is -0.140. The maximum atomic E-state index is 12.8. The summed E-state index contributed by atoms with van der Waals surface area (Å²) in [5.74, 6) is 0.830. The van der Waals surface area contributed by atoms with E-state index >= 15 is 0 Å². The molecular weight excluding hydrogens is 356 g/mol. The van der Waals surface area contributed by atoms with Gasteiger partial charge in [-0.2, -0.15) is 5.10 Å². The van der Waals surface area contributed by atoms with Gasteiger partial charge in [0.2, 0.25) is 0 Å². The predicted molar refractivity (Wildman–Crippen MR) is 106 cm³/mol. The fourth-order valence-corrected chi connectivity index (χ4v) is 3.98. The molecule has 150 valence electrons. The molecule has 1 aromatic carbocycles. The van der Waals surface area contributed by atoms with Crippen molar-refractivity contribution in [3.8, 4) is 0 Å². The van der Waals surface area contributed by atoms with Crippen LogP contribution in [0.3, 0.4) is 0 Å². The molecule has 1 aromatic heterocycles. The Morgan fingerprint density at radius 1 is 1.25 bits per heavy atom. The molecule has 2 aliphatic rings. The summed E-state index contributed by atoms with van der Waals surface area (Å²) in [4.78, 5) is 15.0. The summed E-state index contributed by atoms with van der Waals surface area (Å²) in [5.41, 5.74) is 2.30. The Morgan fingerprint density at radius 3 is 2.82 bits per heavy atom. The smallest absolute Gasteiger partial charge is 0.256 e. The number of hydrogen-bond donors (Lipinski definition) is 2. The lowest BCUT2D eigenvalue weighted by atomic mass is 9.97. The van der Waals surface area contributed by atoms with Crippen LogP contribution in [0.5, 0.6) is 0 Å². The molecule has 0 unspecified atom stereocenters. The van der Waals surface area contributed by atoms with E-state index in [0.29, 0.717) is 18.3 Å². The first kappa shape index (κ1) is 19.1. The number of morpholine rings is 1. The monoisotopic (exact) mass is 384 g/mol. The average molecular weight is 384 g/mol. The van der Waals surface area contributed by atoms with Crippen molar-refractivity contribution < 1.29 is 14.3 Å². The molecular formula is C21H28N4O3. The summed E-state index contributed by atoms with van der Waals surface area (Å²) in [6.07, 6.45) is 1.46. The van der Waals surface area contributed by atoms with Crippen LogP contribution in [0.25, 0.3) is 0 Å². The van der Waals surface area contributed by atoms with E-state index in [1.54, 1.807) is 0 Å². The number of hydrogen-bond acceptors (Lipinski definition) is 5. The van der Waals surface area contributed by atoms with Gasteiger partial charge in [-0.25, -0.2) is 0 Å². The van der Waals surface area contributed by atoms with Crippen LogP contribution in [-0.2, 0) is 20.8 Å². The molecule has 0 saturated carbocycles. The summed E-state index contributed by atoms with van der Waals surface area (Å²) < 4.78 is 11.3. The molecule has 2 saturated heterocycles. The van der Waals surface area contributed by atoms with Crippen molar-refractivity contribution in [1.82, 2.24) is 15.1 Å². The van der Waals surface area contributed by atoms with E-state index in [4.69, 9.17) is 9.47 Å². The fraction of sp³-hybridized carbons (Fsp3) is 0.524. The zero-order valence-electron chi connectivity index (χ0n) is 16.3. The third-order valence-electron chi connectivity index (χ3n) is 5.39. The molecule has 28 heavy (non-hydrogen) atoms. The lowest BCUT2D eigenvalue weighted by Gasteiger charge is -2.36. The summed E-state index contributed by atoms with van der Waals surface area (Å²) in [6, 6.07) is 12.2. The second-order valence-electron chi connectivity index (χ2n) is 7.70. The highest BCUT2D eigenvalue weighted by Crippen LogP contribution is 2.26. The van der Waals surface area contributed by atoms with Gasteiger partial charge in [0.05, 0.1) is 6.10 Å². The molecule has 0 aliphatic carbocycles. The van der Waals surface area contributed by atoms with Crippen molar-refractivity contribution in [2.45, 2.75) is 44.4 Å². The van der Waals surface area contributed by atoms with Gasteiger partial charge in [-0.3, -0.25) is 14.8 Å². The first-order valence-electron chi connectivity index (χ1n) is 10.0. The predicted octanol–water partition coefficient (Wildman–Crippen LogP) is 2.53. The van der Waals surface area contributed by atoms with Crippen molar-refractivity contribution in [2.75, 3.05) is 31.6 Å². The maximum Gasteiger partial charge on any atom is 0.256 e. The molecule has 7 heteroatoms. The Hall–Kier alpha value is -2.22. The van der Waals surface area contributed by atoms with Crippen LogP contribution in [0.2, 0.25) is 0 Å². The molecule has 2 atom stereocenters. The number of anilines is 1. The number of rotatable bonds is 5. The van der Waals surface area contributed by atoms with Gasteiger partial charge in [0.1, 0.15) is 6.10 Å². The Kier molecular flexibility index (Phi) is 6.04. The van der Waals surface area contributed by atoms with E-state index in [2.05, 4.69) is 32.5 Å².